The standard InChI is InChI=1S/C9H10ClNO3.C7H5ClO.C4H12N2.ClH/c1-6-4-3-5-7(8(10)12)9(6,2)11(13)14;8-7(9)6-4-2-1-3-5-6;1-4(2,3)6-5;/h3-5,7H,1-2H3;1-5H;6H,5H2,1-3H3;1H. The Morgan fingerprint density at radius 2 is 1.67 bits per heavy atom. The van der Waals surface area contributed by atoms with Crippen LogP contribution in [-0.4, -0.2) is 26.5 Å². The normalized spacial score (nSPS) is 19.6. The molecule has 2 unspecified atom stereocenters. The molecule has 0 amide bonds. The molecule has 0 heterocycles. The Morgan fingerprint density at radius 1 is 1.20 bits per heavy atom. The smallest absolute Gasteiger partial charge is 0.254 e. The predicted octanol–water partition coefficient (Wildman–Crippen LogP) is 4.66. The Hall–Kier alpha value is -1.77. The summed E-state index contributed by atoms with van der Waals surface area (Å²) in [6, 6.07) is 8.74. The van der Waals surface area contributed by atoms with E-state index in [0.717, 1.165) is 0 Å². The fourth-order valence-corrected chi connectivity index (χ4v) is 2.45. The molecule has 0 bridgehead atoms. The van der Waals surface area contributed by atoms with Crippen molar-refractivity contribution in [3.05, 3.63) is 69.8 Å². The van der Waals surface area contributed by atoms with E-state index in [2.05, 4.69) is 5.43 Å². The number of benzene rings is 1. The van der Waals surface area contributed by atoms with Crippen LogP contribution in [0, 0.1) is 16.0 Å². The van der Waals surface area contributed by atoms with Gasteiger partial charge in [-0.15, -0.1) is 12.4 Å². The van der Waals surface area contributed by atoms with Gasteiger partial charge in [0.15, 0.2) is 0 Å². The van der Waals surface area contributed by atoms with Crippen LogP contribution in [0.15, 0.2) is 54.1 Å². The van der Waals surface area contributed by atoms with Crippen molar-refractivity contribution in [1.82, 2.24) is 5.43 Å². The summed E-state index contributed by atoms with van der Waals surface area (Å²) in [5, 5.41) is 9.81. The van der Waals surface area contributed by atoms with E-state index in [9.17, 15) is 19.7 Å². The van der Waals surface area contributed by atoms with E-state index in [4.69, 9.17) is 29.0 Å². The highest BCUT2D eigenvalue weighted by Crippen LogP contribution is 2.34. The number of nitrogens with one attached hydrogen (secondary N) is 1. The van der Waals surface area contributed by atoms with Crippen molar-refractivity contribution in [2.45, 2.75) is 45.7 Å². The maximum absolute atomic E-state index is 11.0. The minimum absolute atomic E-state index is 0. The first-order valence-electron chi connectivity index (χ1n) is 8.69. The van der Waals surface area contributed by atoms with E-state index in [-0.39, 0.29) is 17.9 Å². The molecule has 0 aliphatic heterocycles. The number of carbonyl (C=O) groups excluding carboxylic acids is 2. The van der Waals surface area contributed by atoms with Crippen LogP contribution in [-0.2, 0) is 4.79 Å². The van der Waals surface area contributed by atoms with Gasteiger partial charge in [-0.25, -0.2) is 0 Å². The lowest BCUT2D eigenvalue weighted by atomic mass is 9.78. The number of nitrogens with two attached hydrogens (primary N) is 1. The maximum Gasteiger partial charge on any atom is 0.254 e. The molecule has 3 N–H and O–H groups in total. The van der Waals surface area contributed by atoms with Crippen LogP contribution in [0.2, 0.25) is 0 Å². The summed E-state index contributed by atoms with van der Waals surface area (Å²) in [5.41, 5.74) is 2.34. The largest absolute Gasteiger partial charge is 0.280 e. The predicted molar refractivity (Wildman–Crippen MR) is 124 cm³/mol. The first-order valence-corrected chi connectivity index (χ1v) is 9.45. The Bertz CT molecular complexity index is 777. The minimum atomic E-state index is -1.41. The summed E-state index contributed by atoms with van der Waals surface area (Å²) in [6.07, 6.45) is 4.70. The number of hydrazine groups is 1. The molecule has 0 radical (unpaired) electrons. The van der Waals surface area contributed by atoms with Crippen LogP contribution in [0.25, 0.3) is 0 Å². The van der Waals surface area contributed by atoms with E-state index in [1.54, 1.807) is 43.3 Å². The lowest BCUT2D eigenvalue weighted by molar-refractivity contribution is -0.558. The number of allylic oxidation sites excluding steroid dienone is 2. The third-order valence-electron chi connectivity index (χ3n) is 4.11. The van der Waals surface area contributed by atoms with E-state index < -0.39 is 26.9 Å². The van der Waals surface area contributed by atoms with Gasteiger partial charge in [0.25, 0.3) is 10.8 Å². The van der Waals surface area contributed by atoms with Gasteiger partial charge in [0.2, 0.25) is 5.24 Å². The van der Waals surface area contributed by atoms with Gasteiger partial charge in [0.05, 0.1) is 0 Å². The van der Waals surface area contributed by atoms with Crippen LogP contribution in [0.3, 0.4) is 0 Å². The monoisotopic (exact) mass is 479 g/mol. The van der Waals surface area contributed by atoms with Crippen molar-refractivity contribution in [3.63, 3.8) is 0 Å². The van der Waals surface area contributed by atoms with E-state index in [1.165, 1.54) is 13.0 Å². The topological polar surface area (TPSA) is 115 Å². The lowest BCUT2D eigenvalue weighted by Crippen LogP contribution is -2.46. The van der Waals surface area contributed by atoms with Crippen molar-refractivity contribution in [2.24, 2.45) is 11.8 Å². The second-order valence-electron chi connectivity index (χ2n) is 7.46. The highest BCUT2D eigenvalue weighted by Gasteiger charge is 2.50. The van der Waals surface area contributed by atoms with Crippen molar-refractivity contribution in [1.29, 1.82) is 0 Å². The van der Waals surface area contributed by atoms with Crippen molar-refractivity contribution < 1.29 is 14.5 Å². The average molecular weight is 481 g/mol. The number of nitro groups is 1. The van der Waals surface area contributed by atoms with Gasteiger partial charge < -0.3 is 0 Å². The molecule has 10 heteroatoms. The molecule has 168 valence electrons. The van der Waals surface area contributed by atoms with Gasteiger partial charge in [-0.3, -0.25) is 31.0 Å². The van der Waals surface area contributed by atoms with Crippen molar-refractivity contribution >= 4 is 46.1 Å². The first kappa shape index (κ1) is 30.4. The van der Waals surface area contributed by atoms with Crippen LogP contribution in [0.4, 0.5) is 0 Å². The van der Waals surface area contributed by atoms with Crippen molar-refractivity contribution in [3.8, 4) is 0 Å². The summed E-state index contributed by atoms with van der Waals surface area (Å²) < 4.78 is 0. The van der Waals surface area contributed by atoms with Gasteiger partial charge in [0, 0.05) is 28.5 Å². The summed E-state index contributed by atoms with van der Waals surface area (Å²) in [7, 11) is 0. The maximum atomic E-state index is 11.0. The molecule has 2 atom stereocenters. The summed E-state index contributed by atoms with van der Waals surface area (Å²) in [5.74, 6) is 4.17. The van der Waals surface area contributed by atoms with Gasteiger partial charge in [-0.05, 0) is 50.9 Å². The van der Waals surface area contributed by atoms with E-state index >= 15 is 0 Å². The first-order chi connectivity index (χ1) is 13.3. The molecule has 0 spiro atoms. The van der Waals surface area contributed by atoms with Crippen LogP contribution >= 0.6 is 35.6 Å². The molecule has 1 aliphatic carbocycles. The molecule has 1 aliphatic rings. The molecule has 2 rings (SSSR count). The van der Waals surface area contributed by atoms with E-state index in [1.807, 2.05) is 26.8 Å². The Kier molecular flexibility index (Phi) is 13.7. The molecule has 0 saturated heterocycles. The second-order valence-corrected chi connectivity index (χ2v) is 8.17. The SMILES string of the molecule is CC(C)(C)NN.CC1=CC=CC(C(=O)Cl)C1(C)[N+](=O)[O-].Cl.O=C(Cl)c1ccccc1. The number of carbonyl (C=O) groups is 2. The Labute approximate surface area is 193 Å². The van der Waals surface area contributed by atoms with Crippen LogP contribution in [0.5, 0.6) is 0 Å². The molecule has 0 saturated carbocycles. The van der Waals surface area contributed by atoms with Gasteiger partial charge in [-0.2, -0.15) is 0 Å². The molecule has 0 fully saturated rings. The highest BCUT2D eigenvalue weighted by molar-refractivity contribution is 6.67. The summed E-state index contributed by atoms with van der Waals surface area (Å²) in [4.78, 5) is 31.9. The number of halogens is 3. The van der Waals surface area contributed by atoms with E-state index in [0.29, 0.717) is 11.1 Å². The van der Waals surface area contributed by atoms with Crippen molar-refractivity contribution in [2.75, 3.05) is 0 Å². The number of hydrogen-bond donors (Lipinski definition) is 2. The van der Waals surface area contributed by atoms with Crippen LogP contribution in [0.1, 0.15) is 45.0 Å². The third-order valence-corrected chi connectivity index (χ3v) is 4.56. The molecule has 1 aromatic rings. The van der Waals surface area contributed by atoms with Gasteiger partial charge >= 0.3 is 0 Å². The lowest BCUT2D eigenvalue weighted by Gasteiger charge is -2.28. The summed E-state index contributed by atoms with van der Waals surface area (Å²) in [6.45, 7) is 9.05. The van der Waals surface area contributed by atoms with Gasteiger partial charge in [-0.1, -0.05) is 48.6 Å². The average Bonchev–Trinajstić information content (AvgIpc) is 2.64. The fraction of sp³-hybridized carbons (Fsp3) is 0.400. The van der Waals surface area contributed by atoms with Crippen LogP contribution < -0.4 is 11.3 Å². The Balaban J connectivity index is 0. The zero-order chi connectivity index (χ0) is 22.8. The fourth-order valence-electron chi connectivity index (χ4n) is 2.04. The third kappa shape index (κ3) is 9.82. The molecular formula is C20H28Cl3N3O4. The Morgan fingerprint density at radius 3 is 1.93 bits per heavy atom. The number of nitrogens with zero attached hydrogens (tertiary/aromatic N) is 1. The highest BCUT2D eigenvalue weighted by atomic mass is 35.5. The molecule has 1 aromatic carbocycles. The molecule has 0 aromatic heterocycles. The molecule has 30 heavy (non-hydrogen) atoms. The number of rotatable bonds is 3. The zero-order valence-corrected chi connectivity index (χ0v) is 19.8. The second kappa shape index (κ2) is 13.5. The molecular weight excluding hydrogens is 453 g/mol. The van der Waals surface area contributed by atoms with Gasteiger partial charge in [0.1, 0.15) is 5.92 Å². The number of hydrogen-bond acceptors (Lipinski definition) is 6. The molecule has 7 nitrogen and oxygen atoms in total. The quantitative estimate of drug-likeness (QED) is 0.281. The summed E-state index contributed by atoms with van der Waals surface area (Å²) >= 11 is 10.5. The zero-order valence-electron chi connectivity index (χ0n) is 17.5. The minimum Gasteiger partial charge on any atom is -0.280 e.